The summed E-state index contributed by atoms with van der Waals surface area (Å²) >= 11 is 0. The summed E-state index contributed by atoms with van der Waals surface area (Å²) in [4.78, 5) is 14.2. The molecule has 1 aromatic rings. The first kappa shape index (κ1) is 11.4. The molecule has 0 bridgehead atoms. The fraction of sp³-hybridized carbons (Fsp3) is 0.286. The van der Waals surface area contributed by atoms with Gasteiger partial charge in [0.2, 0.25) is 5.78 Å². The molecule has 0 spiro atoms. The summed E-state index contributed by atoms with van der Waals surface area (Å²) in [5, 5.41) is 9.18. The Bertz CT molecular complexity index is 497. The molecule has 1 heterocycles. The van der Waals surface area contributed by atoms with Crippen LogP contribution in [-0.2, 0) is 0 Å². The van der Waals surface area contributed by atoms with Crippen LogP contribution in [0.15, 0.2) is 41.6 Å². The van der Waals surface area contributed by atoms with Gasteiger partial charge in [0.05, 0.1) is 0 Å². The van der Waals surface area contributed by atoms with Crippen LogP contribution in [0.4, 0.5) is 0 Å². The molecular weight excluding hydrogens is 212 g/mol. The summed E-state index contributed by atoms with van der Waals surface area (Å²) in [5.41, 5.74) is 1.74. The van der Waals surface area contributed by atoms with Crippen LogP contribution in [-0.4, -0.2) is 24.3 Å². The van der Waals surface area contributed by atoms with Crippen molar-refractivity contribution in [2.24, 2.45) is 0 Å². The Hall–Kier alpha value is -2.08. The van der Waals surface area contributed by atoms with Gasteiger partial charge < -0.3 is 4.90 Å². The van der Waals surface area contributed by atoms with E-state index in [0.29, 0.717) is 5.56 Å². The average molecular weight is 226 g/mol. The molecule has 1 aliphatic heterocycles. The van der Waals surface area contributed by atoms with Crippen molar-refractivity contribution in [2.45, 2.75) is 12.8 Å². The van der Waals surface area contributed by atoms with Crippen LogP contribution in [0.1, 0.15) is 23.2 Å². The van der Waals surface area contributed by atoms with Crippen LogP contribution in [0.5, 0.6) is 0 Å². The number of hydrogen-bond donors (Lipinski definition) is 0. The second kappa shape index (κ2) is 4.84. The van der Waals surface area contributed by atoms with Crippen molar-refractivity contribution < 1.29 is 4.79 Å². The van der Waals surface area contributed by atoms with Gasteiger partial charge >= 0.3 is 0 Å². The van der Waals surface area contributed by atoms with E-state index in [1.807, 2.05) is 30.1 Å². The quantitative estimate of drug-likeness (QED) is 0.442. The van der Waals surface area contributed by atoms with E-state index in [-0.39, 0.29) is 11.4 Å². The van der Waals surface area contributed by atoms with Crippen LogP contribution in [0, 0.1) is 11.3 Å². The molecule has 17 heavy (non-hydrogen) atoms. The zero-order valence-electron chi connectivity index (χ0n) is 9.81. The summed E-state index contributed by atoms with van der Waals surface area (Å²) < 4.78 is 0. The van der Waals surface area contributed by atoms with Gasteiger partial charge in [0.15, 0.2) is 0 Å². The van der Waals surface area contributed by atoms with E-state index >= 15 is 0 Å². The van der Waals surface area contributed by atoms with Crippen molar-refractivity contribution in [3.63, 3.8) is 0 Å². The Morgan fingerprint density at radius 2 is 2.06 bits per heavy atom. The Morgan fingerprint density at radius 1 is 1.35 bits per heavy atom. The zero-order chi connectivity index (χ0) is 12.3. The highest BCUT2D eigenvalue weighted by molar-refractivity contribution is 6.11. The molecule has 0 atom stereocenters. The highest BCUT2D eigenvalue weighted by Gasteiger charge is 2.22. The Balaban J connectivity index is 2.39. The van der Waals surface area contributed by atoms with E-state index in [1.165, 1.54) is 0 Å². The number of ketones is 1. The maximum absolute atomic E-state index is 12.2. The van der Waals surface area contributed by atoms with Gasteiger partial charge in [-0.05, 0) is 12.8 Å². The molecule has 0 radical (unpaired) electrons. The van der Waals surface area contributed by atoms with Crippen molar-refractivity contribution in [1.82, 2.24) is 4.90 Å². The summed E-state index contributed by atoms with van der Waals surface area (Å²) in [6.07, 6.45) is 1.83. The number of Topliss-reactive ketones (excluding diaryl/α,β-unsaturated/α-hetero) is 1. The molecule has 0 saturated carbocycles. The molecule has 1 fully saturated rings. The lowest BCUT2D eigenvalue weighted by molar-refractivity contribution is 0.103. The van der Waals surface area contributed by atoms with Crippen molar-refractivity contribution in [3.05, 3.63) is 47.2 Å². The third kappa shape index (κ3) is 2.21. The van der Waals surface area contributed by atoms with Gasteiger partial charge in [0.25, 0.3) is 0 Å². The Kier molecular flexibility index (Phi) is 3.24. The largest absolute Gasteiger partial charge is 0.377 e. The third-order valence-electron chi connectivity index (χ3n) is 3.03. The zero-order valence-corrected chi connectivity index (χ0v) is 9.81. The number of rotatable bonds is 2. The molecule has 86 valence electrons. The molecule has 3 nitrogen and oxygen atoms in total. The van der Waals surface area contributed by atoms with Crippen LogP contribution in [0.2, 0.25) is 0 Å². The van der Waals surface area contributed by atoms with Gasteiger partial charge in [-0.3, -0.25) is 4.79 Å². The smallest absolute Gasteiger partial charge is 0.205 e. The fourth-order valence-electron chi connectivity index (χ4n) is 2.11. The molecule has 1 aromatic carbocycles. The van der Waals surface area contributed by atoms with Gasteiger partial charge in [-0.15, -0.1) is 0 Å². The second-order valence-corrected chi connectivity index (χ2v) is 4.15. The van der Waals surface area contributed by atoms with Crippen LogP contribution in [0.25, 0.3) is 0 Å². The maximum Gasteiger partial charge on any atom is 0.205 e. The van der Waals surface area contributed by atoms with Crippen molar-refractivity contribution in [3.8, 4) is 6.07 Å². The molecular formula is C14H14N2O. The standard InChI is InChI=1S/C14H14N2O/c1-16-9-5-8-13(16)12(10-15)14(17)11-6-3-2-4-7-11/h2-4,6-7H,5,8-9H2,1H3/b13-12+. The topological polar surface area (TPSA) is 44.1 Å². The predicted molar refractivity (Wildman–Crippen MR) is 65.3 cm³/mol. The number of hydrogen-bond acceptors (Lipinski definition) is 3. The highest BCUT2D eigenvalue weighted by atomic mass is 16.1. The van der Waals surface area contributed by atoms with Crippen LogP contribution >= 0.6 is 0 Å². The molecule has 0 amide bonds. The van der Waals surface area contributed by atoms with Gasteiger partial charge in [0, 0.05) is 24.9 Å². The first-order valence-corrected chi connectivity index (χ1v) is 5.68. The first-order chi connectivity index (χ1) is 8.24. The summed E-state index contributed by atoms with van der Waals surface area (Å²) in [5.74, 6) is -0.170. The molecule has 1 aliphatic rings. The number of allylic oxidation sites excluding steroid dienone is 2. The number of carbonyl (C=O) groups excluding carboxylic acids is 1. The van der Waals surface area contributed by atoms with E-state index < -0.39 is 0 Å². The maximum atomic E-state index is 12.2. The summed E-state index contributed by atoms with van der Waals surface area (Å²) in [7, 11) is 1.93. The van der Waals surface area contributed by atoms with Crippen molar-refractivity contribution >= 4 is 5.78 Å². The van der Waals surface area contributed by atoms with E-state index in [9.17, 15) is 10.1 Å². The lowest BCUT2D eigenvalue weighted by Crippen LogP contribution is -2.15. The van der Waals surface area contributed by atoms with E-state index in [0.717, 1.165) is 25.1 Å². The molecule has 0 unspecified atom stereocenters. The van der Waals surface area contributed by atoms with Crippen LogP contribution < -0.4 is 0 Å². The Labute approximate surface area is 101 Å². The molecule has 0 aromatic heterocycles. The fourth-order valence-corrected chi connectivity index (χ4v) is 2.11. The molecule has 0 aliphatic carbocycles. The molecule has 0 N–H and O–H groups in total. The predicted octanol–water partition coefficient (Wildman–Crippen LogP) is 2.37. The highest BCUT2D eigenvalue weighted by Crippen LogP contribution is 2.24. The van der Waals surface area contributed by atoms with Gasteiger partial charge in [-0.25, -0.2) is 0 Å². The van der Waals surface area contributed by atoms with E-state index in [2.05, 4.69) is 6.07 Å². The molecule has 3 heteroatoms. The van der Waals surface area contributed by atoms with Crippen molar-refractivity contribution in [2.75, 3.05) is 13.6 Å². The number of nitriles is 1. The normalized spacial score (nSPS) is 17.8. The number of nitrogens with zero attached hydrogens (tertiary/aromatic N) is 2. The van der Waals surface area contributed by atoms with Gasteiger partial charge in [-0.1, -0.05) is 30.3 Å². The Morgan fingerprint density at radius 3 is 2.59 bits per heavy atom. The lowest BCUT2D eigenvalue weighted by Gasteiger charge is -2.14. The number of carbonyl (C=O) groups is 1. The summed E-state index contributed by atoms with van der Waals surface area (Å²) in [6.45, 7) is 0.919. The molecule has 1 saturated heterocycles. The van der Waals surface area contributed by atoms with E-state index in [4.69, 9.17) is 0 Å². The average Bonchev–Trinajstić information content (AvgIpc) is 2.78. The van der Waals surface area contributed by atoms with Gasteiger partial charge in [0.1, 0.15) is 11.6 Å². The first-order valence-electron chi connectivity index (χ1n) is 5.68. The van der Waals surface area contributed by atoms with Crippen LogP contribution in [0.3, 0.4) is 0 Å². The minimum absolute atomic E-state index is 0.170. The summed E-state index contributed by atoms with van der Waals surface area (Å²) in [6, 6.07) is 11.0. The number of benzene rings is 1. The molecule has 2 rings (SSSR count). The number of likely N-dealkylation sites (tertiary alicyclic amines) is 1. The van der Waals surface area contributed by atoms with E-state index in [1.54, 1.807) is 12.1 Å². The minimum atomic E-state index is -0.170. The lowest BCUT2D eigenvalue weighted by atomic mass is 10.0. The minimum Gasteiger partial charge on any atom is -0.377 e. The van der Waals surface area contributed by atoms with Gasteiger partial charge in [-0.2, -0.15) is 5.26 Å². The third-order valence-corrected chi connectivity index (χ3v) is 3.03. The SMILES string of the molecule is CN1CCC/C1=C(/C#N)C(=O)c1ccccc1. The monoisotopic (exact) mass is 226 g/mol. The second-order valence-electron chi connectivity index (χ2n) is 4.15. The van der Waals surface area contributed by atoms with Crippen molar-refractivity contribution in [1.29, 1.82) is 5.26 Å².